The van der Waals surface area contributed by atoms with Gasteiger partial charge in [0, 0.05) is 19.7 Å². The van der Waals surface area contributed by atoms with Crippen molar-refractivity contribution >= 4 is 17.5 Å². The molecule has 5 heteroatoms. The van der Waals surface area contributed by atoms with E-state index in [0.29, 0.717) is 35.3 Å². The molecule has 0 aliphatic carbocycles. The summed E-state index contributed by atoms with van der Waals surface area (Å²) in [6.07, 6.45) is 0. The van der Waals surface area contributed by atoms with E-state index in [1.54, 1.807) is 44.4 Å². The lowest BCUT2D eigenvalue weighted by Gasteiger charge is -2.12. The number of ether oxygens (including phenoxy) is 2. The highest BCUT2D eigenvalue weighted by molar-refractivity contribution is 6.32. The van der Waals surface area contributed by atoms with E-state index in [1.807, 2.05) is 18.2 Å². The molecule has 0 bridgehead atoms. The minimum Gasteiger partial charge on any atom is -0.490 e. The number of amides is 1. The van der Waals surface area contributed by atoms with Gasteiger partial charge in [-0.2, -0.15) is 0 Å². The summed E-state index contributed by atoms with van der Waals surface area (Å²) in [4.78, 5) is 13.4. The predicted octanol–water partition coefficient (Wildman–Crippen LogP) is 3.50. The van der Waals surface area contributed by atoms with Gasteiger partial charge in [-0.25, -0.2) is 0 Å². The summed E-state index contributed by atoms with van der Waals surface area (Å²) in [6.45, 7) is 0.737. The lowest BCUT2D eigenvalue weighted by Crippen LogP contribution is -2.21. The van der Waals surface area contributed by atoms with Crippen molar-refractivity contribution in [1.29, 1.82) is 0 Å². The smallest absolute Gasteiger partial charge is 0.253 e. The van der Waals surface area contributed by atoms with E-state index in [0.717, 1.165) is 0 Å². The summed E-state index contributed by atoms with van der Waals surface area (Å²) in [5, 5.41) is 0.570. The maximum atomic E-state index is 11.9. The van der Waals surface area contributed by atoms with Crippen LogP contribution in [0.1, 0.15) is 10.4 Å². The summed E-state index contributed by atoms with van der Waals surface area (Å²) >= 11 is 6.00. The van der Waals surface area contributed by atoms with Crippen molar-refractivity contribution in [2.24, 2.45) is 0 Å². The van der Waals surface area contributed by atoms with E-state index in [2.05, 4.69) is 0 Å². The van der Waals surface area contributed by atoms with Crippen LogP contribution in [0.15, 0.2) is 48.5 Å². The molecular weight excluding hydrogens is 302 g/mol. The van der Waals surface area contributed by atoms with Gasteiger partial charge in [-0.05, 0) is 30.3 Å². The molecule has 116 valence electrons. The van der Waals surface area contributed by atoms with Crippen LogP contribution in [0.4, 0.5) is 0 Å². The van der Waals surface area contributed by atoms with E-state index in [1.165, 1.54) is 4.90 Å². The fourth-order valence-electron chi connectivity index (χ4n) is 1.85. The van der Waals surface area contributed by atoms with Crippen LogP contribution >= 0.6 is 11.6 Å². The van der Waals surface area contributed by atoms with Crippen LogP contribution in [0.3, 0.4) is 0 Å². The summed E-state index contributed by atoms with van der Waals surface area (Å²) < 4.78 is 11.1. The van der Waals surface area contributed by atoms with Gasteiger partial charge in [-0.1, -0.05) is 29.8 Å². The molecule has 4 nitrogen and oxygen atoms in total. The molecule has 2 aromatic carbocycles. The lowest BCUT2D eigenvalue weighted by molar-refractivity contribution is 0.0827. The topological polar surface area (TPSA) is 38.8 Å². The van der Waals surface area contributed by atoms with E-state index < -0.39 is 0 Å². The van der Waals surface area contributed by atoms with Gasteiger partial charge in [0.1, 0.15) is 24.7 Å². The van der Waals surface area contributed by atoms with E-state index in [4.69, 9.17) is 21.1 Å². The number of benzene rings is 2. The summed E-state index contributed by atoms with van der Waals surface area (Å²) in [6, 6.07) is 14.4. The number of carbonyl (C=O) groups excluding carboxylic acids is 1. The molecule has 0 radical (unpaired) electrons. The minimum atomic E-state index is -0.0576. The van der Waals surface area contributed by atoms with Gasteiger partial charge in [0.25, 0.3) is 5.91 Å². The Labute approximate surface area is 135 Å². The minimum absolute atomic E-state index is 0.0576. The monoisotopic (exact) mass is 319 g/mol. The van der Waals surface area contributed by atoms with Crippen molar-refractivity contribution in [3.8, 4) is 11.5 Å². The van der Waals surface area contributed by atoms with Gasteiger partial charge in [-0.15, -0.1) is 0 Å². The van der Waals surface area contributed by atoms with Crippen LogP contribution in [0.25, 0.3) is 0 Å². The highest BCUT2D eigenvalue weighted by Crippen LogP contribution is 2.23. The highest BCUT2D eigenvalue weighted by Gasteiger charge is 2.08. The molecule has 0 unspecified atom stereocenters. The first-order chi connectivity index (χ1) is 10.6. The van der Waals surface area contributed by atoms with E-state index in [-0.39, 0.29) is 5.91 Å². The van der Waals surface area contributed by atoms with Crippen molar-refractivity contribution in [2.45, 2.75) is 0 Å². The van der Waals surface area contributed by atoms with Crippen molar-refractivity contribution < 1.29 is 14.3 Å². The molecule has 0 saturated heterocycles. The van der Waals surface area contributed by atoms with Gasteiger partial charge < -0.3 is 14.4 Å². The zero-order valence-corrected chi connectivity index (χ0v) is 13.3. The highest BCUT2D eigenvalue weighted by atomic mass is 35.5. The molecule has 0 N–H and O–H groups in total. The van der Waals surface area contributed by atoms with Gasteiger partial charge in [0.15, 0.2) is 0 Å². The molecule has 0 atom stereocenters. The first kappa shape index (κ1) is 16.2. The Morgan fingerprint density at radius 1 is 1.05 bits per heavy atom. The number of carbonyl (C=O) groups is 1. The summed E-state index contributed by atoms with van der Waals surface area (Å²) in [5.41, 5.74) is 0.592. The third kappa shape index (κ3) is 4.40. The van der Waals surface area contributed by atoms with Crippen molar-refractivity contribution in [3.63, 3.8) is 0 Å². The Morgan fingerprint density at radius 3 is 2.50 bits per heavy atom. The second kappa shape index (κ2) is 7.71. The van der Waals surface area contributed by atoms with Crippen LogP contribution in [0.2, 0.25) is 5.02 Å². The molecule has 0 aromatic heterocycles. The van der Waals surface area contributed by atoms with Gasteiger partial charge in [0.05, 0.1) is 5.02 Å². The average molecular weight is 320 g/mol. The Morgan fingerprint density at radius 2 is 1.77 bits per heavy atom. The number of rotatable bonds is 6. The molecule has 0 aliphatic rings. The average Bonchev–Trinajstić information content (AvgIpc) is 2.52. The number of hydrogen-bond acceptors (Lipinski definition) is 3. The molecule has 2 aromatic rings. The fraction of sp³-hybridized carbons (Fsp3) is 0.235. The van der Waals surface area contributed by atoms with Crippen molar-refractivity contribution in [1.82, 2.24) is 4.90 Å². The maximum absolute atomic E-state index is 11.9. The number of hydrogen-bond donors (Lipinski definition) is 0. The van der Waals surface area contributed by atoms with Gasteiger partial charge in [0.2, 0.25) is 0 Å². The first-order valence-corrected chi connectivity index (χ1v) is 7.27. The molecule has 1 amide bonds. The zero-order chi connectivity index (χ0) is 15.9. The number of halogens is 1. The molecule has 2 rings (SSSR count). The Bertz CT molecular complexity index is 643. The molecule has 0 spiro atoms. The largest absolute Gasteiger partial charge is 0.490 e. The first-order valence-electron chi connectivity index (χ1n) is 6.90. The molecular formula is C17H18ClNO3. The fourth-order valence-corrected chi connectivity index (χ4v) is 2.04. The Balaban J connectivity index is 1.86. The third-order valence-electron chi connectivity index (χ3n) is 2.93. The zero-order valence-electron chi connectivity index (χ0n) is 12.6. The molecule has 0 heterocycles. The van der Waals surface area contributed by atoms with Crippen LogP contribution in [-0.2, 0) is 0 Å². The molecule has 0 fully saturated rings. The summed E-state index contributed by atoms with van der Waals surface area (Å²) in [5.74, 6) is 1.21. The predicted molar refractivity (Wildman–Crippen MR) is 86.9 cm³/mol. The van der Waals surface area contributed by atoms with E-state index >= 15 is 0 Å². The SMILES string of the molecule is CN(C)C(=O)c1cccc(OCCOc2ccccc2Cl)c1. The molecule has 0 saturated carbocycles. The quantitative estimate of drug-likeness (QED) is 0.765. The van der Waals surface area contributed by atoms with Gasteiger partial charge in [-0.3, -0.25) is 4.79 Å². The number of nitrogens with zero attached hydrogens (tertiary/aromatic N) is 1. The standard InChI is InChI=1S/C17H18ClNO3/c1-19(2)17(20)13-6-5-7-14(12-13)21-10-11-22-16-9-4-3-8-15(16)18/h3-9,12H,10-11H2,1-2H3. The molecule has 0 aliphatic heterocycles. The Hall–Kier alpha value is -2.20. The van der Waals surface area contributed by atoms with Crippen LogP contribution in [0.5, 0.6) is 11.5 Å². The molecule has 22 heavy (non-hydrogen) atoms. The lowest BCUT2D eigenvalue weighted by atomic mass is 10.2. The van der Waals surface area contributed by atoms with E-state index in [9.17, 15) is 4.79 Å². The maximum Gasteiger partial charge on any atom is 0.253 e. The van der Waals surface area contributed by atoms with Crippen molar-refractivity contribution in [3.05, 3.63) is 59.1 Å². The van der Waals surface area contributed by atoms with Gasteiger partial charge >= 0.3 is 0 Å². The van der Waals surface area contributed by atoms with Crippen LogP contribution < -0.4 is 9.47 Å². The van der Waals surface area contributed by atoms with Crippen LogP contribution in [0, 0.1) is 0 Å². The normalized spacial score (nSPS) is 10.1. The number of para-hydroxylation sites is 1. The second-order valence-corrected chi connectivity index (χ2v) is 5.26. The van der Waals surface area contributed by atoms with Crippen molar-refractivity contribution in [2.75, 3.05) is 27.3 Å². The third-order valence-corrected chi connectivity index (χ3v) is 3.25. The Kier molecular flexibility index (Phi) is 5.67. The van der Waals surface area contributed by atoms with Crippen LogP contribution in [-0.4, -0.2) is 38.1 Å². The summed E-state index contributed by atoms with van der Waals surface area (Å²) in [7, 11) is 3.43. The second-order valence-electron chi connectivity index (χ2n) is 4.85.